The van der Waals surface area contributed by atoms with Crippen molar-refractivity contribution < 1.29 is 39.4 Å². The molecular weight excluding hydrogens is 622 g/mol. The number of rotatable bonds is 12. The molecule has 11 nitrogen and oxygen atoms in total. The highest BCUT2D eigenvalue weighted by Gasteiger charge is 2.45. The Labute approximate surface area is 278 Å². The van der Waals surface area contributed by atoms with Gasteiger partial charge in [0.2, 0.25) is 0 Å². The van der Waals surface area contributed by atoms with E-state index in [4.69, 9.17) is 14.2 Å². The van der Waals surface area contributed by atoms with Gasteiger partial charge in [-0.2, -0.15) is 0 Å². The van der Waals surface area contributed by atoms with Gasteiger partial charge in [0, 0.05) is 41.0 Å². The number of nitrogens with one attached hydrogen (secondary N) is 3. The molecular formula is C35H45N3O8S. The molecule has 0 radical (unpaired) electrons. The van der Waals surface area contributed by atoms with Crippen LogP contribution in [0.5, 0.6) is 5.75 Å². The zero-order valence-corrected chi connectivity index (χ0v) is 27.5. The van der Waals surface area contributed by atoms with Crippen LogP contribution < -0.4 is 20.7 Å². The molecule has 12 heteroatoms. The Balaban J connectivity index is 1.00. The van der Waals surface area contributed by atoms with E-state index in [-0.39, 0.29) is 30.2 Å². The predicted octanol–water partition coefficient (Wildman–Crippen LogP) is 2.39. The van der Waals surface area contributed by atoms with Gasteiger partial charge in [-0.3, -0.25) is 4.79 Å². The molecule has 1 aliphatic carbocycles. The molecule has 2 aliphatic heterocycles. The Morgan fingerprint density at radius 1 is 1.04 bits per heavy atom. The van der Waals surface area contributed by atoms with Crippen LogP contribution in [0.15, 0.2) is 54.6 Å². The average molecular weight is 668 g/mol. The van der Waals surface area contributed by atoms with Gasteiger partial charge in [-0.1, -0.05) is 24.3 Å². The van der Waals surface area contributed by atoms with Crippen LogP contribution in [0.3, 0.4) is 0 Å². The van der Waals surface area contributed by atoms with Crippen LogP contribution in [0.1, 0.15) is 58.6 Å². The molecule has 1 aromatic heterocycles. The number of aliphatic hydroxyl groups is 4. The van der Waals surface area contributed by atoms with Crippen molar-refractivity contribution in [2.45, 2.75) is 94.7 Å². The van der Waals surface area contributed by atoms with E-state index in [0.29, 0.717) is 24.3 Å². The van der Waals surface area contributed by atoms with Crippen molar-refractivity contribution in [3.05, 3.63) is 76.2 Å². The number of carbonyl (C=O) groups is 1. The van der Waals surface area contributed by atoms with Crippen molar-refractivity contribution in [3.63, 3.8) is 0 Å². The number of carbonyl (C=O) groups excluding carboxylic acids is 1. The number of hydrogen-bond acceptors (Lipinski definition) is 11. The highest BCUT2D eigenvalue weighted by molar-refractivity contribution is 7.15. The van der Waals surface area contributed by atoms with Gasteiger partial charge in [0.25, 0.3) is 5.91 Å². The molecule has 254 valence electrons. The summed E-state index contributed by atoms with van der Waals surface area (Å²) in [5.74, 6) is 0.578. The maximum Gasteiger partial charge on any atom is 0.252 e. The summed E-state index contributed by atoms with van der Waals surface area (Å²) in [6.45, 7) is 5.78. The third kappa shape index (κ3) is 8.05. The molecule has 3 heterocycles. The van der Waals surface area contributed by atoms with E-state index in [1.165, 1.54) is 4.88 Å². The Morgan fingerprint density at radius 2 is 1.87 bits per heavy atom. The number of ether oxygens (including phenoxy) is 3. The van der Waals surface area contributed by atoms with Crippen molar-refractivity contribution in [2.75, 3.05) is 19.7 Å². The summed E-state index contributed by atoms with van der Waals surface area (Å²) in [6.07, 6.45) is -3.98. The normalized spacial score (nSPS) is 28.5. The first-order chi connectivity index (χ1) is 22.7. The third-order valence-corrected chi connectivity index (χ3v) is 10.4. The minimum absolute atomic E-state index is 0.130. The number of benzene rings is 2. The zero-order valence-electron chi connectivity index (χ0n) is 26.7. The van der Waals surface area contributed by atoms with Gasteiger partial charge in [0.1, 0.15) is 36.3 Å². The topological polar surface area (TPSA) is 162 Å². The fourth-order valence-corrected chi connectivity index (χ4v) is 7.22. The number of aliphatic hydroxyl groups excluding tert-OH is 4. The smallest absolute Gasteiger partial charge is 0.252 e. The van der Waals surface area contributed by atoms with Crippen LogP contribution in [0, 0.1) is 6.92 Å². The number of hydrogen-bond donors (Lipinski definition) is 7. The first kappa shape index (κ1) is 34.0. The van der Waals surface area contributed by atoms with Crippen LogP contribution >= 0.6 is 11.3 Å². The summed E-state index contributed by atoms with van der Waals surface area (Å²) >= 11 is 1.72. The monoisotopic (exact) mass is 667 g/mol. The van der Waals surface area contributed by atoms with Gasteiger partial charge >= 0.3 is 0 Å². The summed E-state index contributed by atoms with van der Waals surface area (Å²) in [5, 5.41) is 49.7. The van der Waals surface area contributed by atoms with E-state index in [2.05, 4.69) is 40.2 Å². The molecule has 0 bridgehead atoms. The van der Waals surface area contributed by atoms with E-state index in [1.54, 1.807) is 11.3 Å². The lowest BCUT2D eigenvalue weighted by Crippen LogP contribution is -2.59. The van der Waals surface area contributed by atoms with Gasteiger partial charge in [0.15, 0.2) is 6.29 Å². The lowest BCUT2D eigenvalue weighted by molar-refractivity contribution is -0.310. The molecule has 7 N–H and O–H groups in total. The van der Waals surface area contributed by atoms with E-state index < -0.39 is 37.3 Å². The molecule has 3 aromatic rings. The molecule has 0 spiro atoms. The van der Waals surface area contributed by atoms with Crippen molar-refractivity contribution in [1.29, 1.82) is 0 Å². The molecule has 3 fully saturated rings. The Morgan fingerprint density at radius 3 is 2.64 bits per heavy atom. The van der Waals surface area contributed by atoms with Crippen LogP contribution in [-0.4, -0.2) is 95.0 Å². The zero-order chi connectivity index (χ0) is 33.1. The second-order valence-corrected chi connectivity index (χ2v) is 14.0. The summed E-state index contributed by atoms with van der Waals surface area (Å²) in [6, 6.07) is 18.2. The highest BCUT2D eigenvalue weighted by Crippen LogP contribution is 2.32. The van der Waals surface area contributed by atoms with E-state index in [9.17, 15) is 25.2 Å². The van der Waals surface area contributed by atoms with Gasteiger partial charge in [-0.25, -0.2) is 0 Å². The SMILES string of the molecule is Cc1ccc(OC2CNC2)cc1C(=O)N[C@H](C)c1cccc(-c2ccc(CN[C@H]3CC[C@@H](O[C@@H]4O[C@H](CO)[C@@H](O)[C@H](O)[C@H]4O)C3)s2)c1. The maximum absolute atomic E-state index is 13.3. The predicted molar refractivity (Wildman–Crippen MR) is 177 cm³/mol. The Hall–Kier alpha value is -2.91. The standard InChI is InChI=1S/C35H45N3O8S/c1-19-6-8-25(44-26-15-36-16-26)14-28(19)34(43)38-20(2)21-4-3-5-22(12-21)30-11-10-27(47-30)17-37-23-7-9-24(13-23)45-35-33(42)32(41)31(40)29(18-39)46-35/h3-6,8,10-12,14,20,23-24,26,29,31-33,35-37,39-42H,7,9,13,15-18H2,1-2H3,(H,38,43)/t20-,23+,24-,29-,31-,32+,33-,35-/m1/s1. The quantitative estimate of drug-likeness (QED) is 0.153. The minimum atomic E-state index is -1.45. The van der Waals surface area contributed by atoms with Gasteiger partial charge in [0.05, 0.1) is 18.8 Å². The number of thiophene rings is 1. The Bertz CT molecular complexity index is 1510. The van der Waals surface area contributed by atoms with Crippen LogP contribution in [0.25, 0.3) is 10.4 Å². The van der Waals surface area contributed by atoms with Crippen molar-refractivity contribution in [3.8, 4) is 16.2 Å². The molecule has 2 saturated heterocycles. The van der Waals surface area contributed by atoms with E-state index in [0.717, 1.165) is 47.5 Å². The molecule has 0 unspecified atom stereocenters. The maximum atomic E-state index is 13.3. The fraction of sp³-hybridized carbons (Fsp3) is 0.514. The highest BCUT2D eigenvalue weighted by atomic mass is 32.1. The van der Waals surface area contributed by atoms with Gasteiger partial charge in [-0.05, 0) is 80.1 Å². The number of aryl methyl sites for hydroxylation is 1. The summed E-state index contributed by atoms with van der Waals surface area (Å²) in [7, 11) is 0. The van der Waals surface area contributed by atoms with Crippen LogP contribution in [0.4, 0.5) is 0 Å². The van der Waals surface area contributed by atoms with Crippen molar-refractivity contribution in [2.24, 2.45) is 0 Å². The average Bonchev–Trinajstić information content (AvgIpc) is 3.72. The number of amides is 1. The summed E-state index contributed by atoms with van der Waals surface area (Å²) < 4.78 is 17.4. The fourth-order valence-electron chi connectivity index (χ4n) is 6.27. The molecule has 2 aromatic carbocycles. The van der Waals surface area contributed by atoms with E-state index in [1.807, 2.05) is 44.2 Å². The first-order valence-electron chi connectivity index (χ1n) is 16.4. The molecule has 8 atom stereocenters. The van der Waals surface area contributed by atoms with Crippen LogP contribution in [-0.2, 0) is 16.0 Å². The largest absolute Gasteiger partial charge is 0.488 e. The Kier molecular flexibility index (Phi) is 10.9. The lowest BCUT2D eigenvalue weighted by atomic mass is 9.99. The first-order valence-corrected chi connectivity index (χ1v) is 17.2. The summed E-state index contributed by atoms with van der Waals surface area (Å²) in [4.78, 5) is 15.6. The van der Waals surface area contributed by atoms with Gasteiger partial charge in [-0.15, -0.1) is 11.3 Å². The second kappa shape index (κ2) is 15.1. The third-order valence-electron chi connectivity index (χ3n) is 9.31. The van der Waals surface area contributed by atoms with E-state index >= 15 is 0 Å². The molecule has 3 aliphatic rings. The molecule has 6 rings (SSSR count). The summed E-state index contributed by atoms with van der Waals surface area (Å²) in [5.41, 5.74) is 3.62. The lowest BCUT2D eigenvalue weighted by Gasteiger charge is -2.40. The van der Waals surface area contributed by atoms with Gasteiger partial charge < -0.3 is 50.6 Å². The molecule has 1 amide bonds. The van der Waals surface area contributed by atoms with Crippen LogP contribution in [0.2, 0.25) is 0 Å². The van der Waals surface area contributed by atoms with Crippen molar-refractivity contribution in [1.82, 2.24) is 16.0 Å². The second-order valence-electron chi connectivity index (χ2n) is 12.8. The molecule has 47 heavy (non-hydrogen) atoms. The molecule has 1 saturated carbocycles. The van der Waals surface area contributed by atoms with Crippen molar-refractivity contribution >= 4 is 17.2 Å². The minimum Gasteiger partial charge on any atom is -0.488 e.